The molecule has 0 aliphatic heterocycles. The first-order valence-corrected chi connectivity index (χ1v) is 6.41. The van der Waals surface area contributed by atoms with E-state index in [2.05, 4.69) is 4.98 Å². The summed E-state index contributed by atoms with van der Waals surface area (Å²) in [5, 5.41) is 0. The molecule has 0 radical (unpaired) electrons. The van der Waals surface area contributed by atoms with E-state index in [1.807, 2.05) is 11.8 Å². The maximum atomic E-state index is 13.9. The molecule has 0 amide bonds. The van der Waals surface area contributed by atoms with Crippen molar-refractivity contribution in [2.45, 2.75) is 25.8 Å². The zero-order valence-corrected chi connectivity index (χ0v) is 11.2. The number of nitrogens with two attached hydrogens (primary N) is 1. The molecule has 106 valence electrons. The molecule has 0 bridgehead atoms. The number of nitrogen functional groups attached to an aromatic ring is 1. The Morgan fingerprint density at radius 2 is 2.16 bits per heavy atom. The normalized spacial score (nSPS) is 16.4. The lowest BCUT2D eigenvalue weighted by Gasteiger charge is -2.30. The van der Waals surface area contributed by atoms with Crippen molar-refractivity contribution in [2.75, 3.05) is 30.9 Å². The number of anilines is 2. The van der Waals surface area contributed by atoms with E-state index >= 15 is 0 Å². The second-order valence-corrected chi connectivity index (χ2v) is 4.93. The van der Waals surface area contributed by atoms with Gasteiger partial charge in [0.25, 0.3) is 0 Å². The van der Waals surface area contributed by atoms with Gasteiger partial charge in [-0.2, -0.15) is 0 Å². The molecule has 1 heterocycles. The highest BCUT2D eigenvalue weighted by Crippen LogP contribution is 2.37. The van der Waals surface area contributed by atoms with Crippen molar-refractivity contribution in [3.8, 4) is 0 Å². The van der Waals surface area contributed by atoms with Crippen LogP contribution in [0.2, 0.25) is 0 Å². The highest BCUT2D eigenvalue weighted by Gasteiger charge is 2.33. The van der Waals surface area contributed by atoms with Crippen LogP contribution in [0.5, 0.6) is 0 Å². The Morgan fingerprint density at radius 1 is 1.47 bits per heavy atom. The van der Waals surface area contributed by atoms with Gasteiger partial charge in [0.1, 0.15) is 0 Å². The van der Waals surface area contributed by atoms with Crippen LogP contribution in [0.3, 0.4) is 0 Å². The largest absolute Gasteiger partial charge is 0.383 e. The average molecular weight is 271 g/mol. The van der Waals surface area contributed by atoms with Gasteiger partial charge in [0.15, 0.2) is 23.3 Å². The molecule has 1 aliphatic carbocycles. The molecule has 2 rings (SSSR count). The van der Waals surface area contributed by atoms with E-state index in [4.69, 9.17) is 10.5 Å². The number of hydrogen-bond donors (Lipinski definition) is 1. The molecule has 6 heteroatoms. The summed E-state index contributed by atoms with van der Waals surface area (Å²) in [6.07, 6.45) is 2.26. The number of methoxy groups -OCH3 is 1. The minimum Gasteiger partial charge on any atom is -0.383 e. The fourth-order valence-electron chi connectivity index (χ4n) is 2.20. The van der Waals surface area contributed by atoms with Crippen LogP contribution < -0.4 is 10.6 Å². The molecule has 1 aromatic heterocycles. The smallest absolute Gasteiger partial charge is 0.168 e. The first kappa shape index (κ1) is 14.0. The van der Waals surface area contributed by atoms with Gasteiger partial charge in [0.05, 0.1) is 6.61 Å². The fourth-order valence-corrected chi connectivity index (χ4v) is 2.20. The Bertz CT molecular complexity index is 452. The Hall–Kier alpha value is -1.43. The Morgan fingerprint density at radius 3 is 2.74 bits per heavy atom. The maximum absolute atomic E-state index is 13.9. The van der Waals surface area contributed by atoms with Gasteiger partial charge in [-0.05, 0) is 25.7 Å². The molecule has 1 unspecified atom stereocenters. The lowest BCUT2D eigenvalue weighted by molar-refractivity contribution is 0.202. The number of pyridine rings is 1. The van der Waals surface area contributed by atoms with E-state index < -0.39 is 11.6 Å². The molecule has 0 spiro atoms. The maximum Gasteiger partial charge on any atom is 0.168 e. The molecular weight excluding hydrogens is 252 g/mol. The summed E-state index contributed by atoms with van der Waals surface area (Å²) in [7, 11) is 1.59. The summed E-state index contributed by atoms with van der Waals surface area (Å²) in [6, 6.07) is 0.930. The van der Waals surface area contributed by atoms with Crippen LogP contribution in [0, 0.1) is 17.6 Å². The van der Waals surface area contributed by atoms with Crippen molar-refractivity contribution < 1.29 is 13.5 Å². The van der Waals surface area contributed by atoms with Gasteiger partial charge in [-0.15, -0.1) is 0 Å². The number of hydrogen-bond acceptors (Lipinski definition) is 4. The van der Waals surface area contributed by atoms with E-state index in [-0.39, 0.29) is 17.7 Å². The molecule has 1 atom stereocenters. The van der Waals surface area contributed by atoms with Crippen molar-refractivity contribution in [2.24, 2.45) is 5.92 Å². The van der Waals surface area contributed by atoms with E-state index in [0.717, 1.165) is 18.9 Å². The molecule has 1 fully saturated rings. The summed E-state index contributed by atoms with van der Waals surface area (Å²) in [6.45, 7) is 2.98. The van der Waals surface area contributed by atoms with Gasteiger partial charge in [-0.3, -0.25) is 0 Å². The number of ether oxygens (including phenoxy) is 1. The predicted octanol–water partition coefficient (Wildman–Crippen LogP) is 2.19. The lowest BCUT2D eigenvalue weighted by Crippen LogP contribution is -2.38. The van der Waals surface area contributed by atoms with Crippen molar-refractivity contribution in [3.05, 3.63) is 17.7 Å². The molecular formula is C13H19F2N3O. The summed E-state index contributed by atoms with van der Waals surface area (Å²) in [5.74, 6) is -1.15. The van der Waals surface area contributed by atoms with E-state index in [1.54, 1.807) is 7.11 Å². The number of rotatable bonds is 6. The van der Waals surface area contributed by atoms with Crippen LogP contribution in [0.4, 0.5) is 20.4 Å². The molecule has 19 heavy (non-hydrogen) atoms. The third-order valence-corrected chi connectivity index (χ3v) is 3.54. The average Bonchev–Trinajstić information content (AvgIpc) is 3.19. The predicted molar refractivity (Wildman–Crippen MR) is 70.0 cm³/mol. The van der Waals surface area contributed by atoms with Crippen LogP contribution in [0.15, 0.2) is 6.07 Å². The second kappa shape index (κ2) is 5.69. The van der Waals surface area contributed by atoms with Crippen molar-refractivity contribution >= 4 is 11.6 Å². The second-order valence-electron chi connectivity index (χ2n) is 4.93. The van der Waals surface area contributed by atoms with Crippen LogP contribution in [-0.4, -0.2) is 31.3 Å². The summed E-state index contributed by atoms with van der Waals surface area (Å²) in [4.78, 5) is 5.67. The van der Waals surface area contributed by atoms with Crippen molar-refractivity contribution in [1.29, 1.82) is 0 Å². The molecule has 4 nitrogen and oxygen atoms in total. The monoisotopic (exact) mass is 271 g/mol. The SMILES string of the molecule is COCCN(c1nc(N)c(F)cc1F)C(C)C1CC1. The van der Waals surface area contributed by atoms with Gasteiger partial charge >= 0.3 is 0 Å². The van der Waals surface area contributed by atoms with Crippen LogP contribution >= 0.6 is 0 Å². The Labute approximate surface area is 111 Å². The van der Waals surface area contributed by atoms with Crippen molar-refractivity contribution in [3.63, 3.8) is 0 Å². The van der Waals surface area contributed by atoms with Gasteiger partial charge < -0.3 is 15.4 Å². The standard InChI is InChI=1S/C13H19F2N3O/c1-8(9-3-4-9)18(5-6-19-2)13-11(15)7-10(14)12(16)17-13/h7-9H,3-6H2,1-2H3,(H2,16,17). The Kier molecular flexibility index (Phi) is 4.19. The third-order valence-electron chi connectivity index (χ3n) is 3.54. The first-order valence-electron chi connectivity index (χ1n) is 6.41. The van der Waals surface area contributed by atoms with Gasteiger partial charge in [-0.1, -0.05) is 0 Å². The van der Waals surface area contributed by atoms with Crippen LogP contribution in [0.25, 0.3) is 0 Å². The summed E-state index contributed by atoms with van der Waals surface area (Å²) in [5.41, 5.74) is 5.44. The fraction of sp³-hybridized carbons (Fsp3) is 0.615. The van der Waals surface area contributed by atoms with E-state index in [0.29, 0.717) is 19.1 Å². The molecule has 0 saturated heterocycles. The number of halogens is 2. The topological polar surface area (TPSA) is 51.4 Å². The van der Waals surface area contributed by atoms with E-state index in [9.17, 15) is 8.78 Å². The molecule has 2 N–H and O–H groups in total. The number of aromatic nitrogens is 1. The Balaban J connectivity index is 2.28. The minimum atomic E-state index is -0.827. The van der Waals surface area contributed by atoms with Crippen molar-refractivity contribution in [1.82, 2.24) is 4.98 Å². The highest BCUT2D eigenvalue weighted by atomic mass is 19.1. The molecule has 1 aliphatic rings. The van der Waals surface area contributed by atoms with Crippen LogP contribution in [-0.2, 0) is 4.74 Å². The summed E-state index contributed by atoms with van der Waals surface area (Å²) < 4.78 is 32.1. The minimum absolute atomic E-state index is 0.107. The number of nitrogens with zero attached hydrogens (tertiary/aromatic N) is 2. The highest BCUT2D eigenvalue weighted by molar-refractivity contribution is 5.48. The van der Waals surface area contributed by atoms with Gasteiger partial charge in [-0.25, -0.2) is 13.8 Å². The molecule has 1 aromatic rings. The lowest BCUT2D eigenvalue weighted by atomic mass is 10.1. The molecule has 0 aromatic carbocycles. The molecule has 1 saturated carbocycles. The van der Waals surface area contributed by atoms with Gasteiger partial charge in [0.2, 0.25) is 0 Å². The zero-order valence-electron chi connectivity index (χ0n) is 11.2. The van der Waals surface area contributed by atoms with Gasteiger partial charge in [0, 0.05) is 25.8 Å². The third kappa shape index (κ3) is 3.12. The quantitative estimate of drug-likeness (QED) is 0.861. The first-order chi connectivity index (χ1) is 9.04. The van der Waals surface area contributed by atoms with Crippen LogP contribution in [0.1, 0.15) is 19.8 Å². The van der Waals surface area contributed by atoms with E-state index in [1.165, 1.54) is 0 Å². The summed E-state index contributed by atoms with van der Waals surface area (Å²) >= 11 is 0. The zero-order chi connectivity index (χ0) is 14.0.